The molecule has 0 aromatic carbocycles. The molecular weight excluding hydrogens is 336 g/mol. The molecular formula is C20H40O6. The zero-order valence-electron chi connectivity index (χ0n) is 16.9. The highest BCUT2D eigenvalue weighted by Gasteiger charge is 2.33. The van der Waals surface area contributed by atoms with Crippen LogP contribution in [-0.4, -0.2) is 61.4 Å². The van der Waals surface area contributed by atoms with E-state index in [4.69, 9.17) is 24.1 Å². The molecule has 0 aliphatic carbocycles. The first kappa shape index (κ1) is 23.8. The first-order valence-electron chi connectivity index (χ1n) is 10.4. The average molecular weight is 377 g/mol. The predicted molar refractivity (Wildman–Crippen MR) is 101 cm³/mol. The summed E-state index contributed by atoms with van der Waals surface area (Å²) >= 11 is 0. The third-order valence-corrected chi connectivity index (χ3v) is 4.92. The Morgan fingerprint density at radius 1 is 1.04 bits per heavy atom. The summed E-state index contributed by atoms with van der Waals surface area (Å²) in [6.45, 7) is 4.18. The minimum atomic E-state index is -1.08. The SMILES string of the molecule is CCCCCCCCCCCC1OCC(O[C@H](OC)[C@H](O)CO)[C@H](C)O1. The maximum absolute atomic E-state index is 9.65. The summed E-state index contributed by atoms with van der Waals surface area (Å²) in [4.78, 5) is 0. The second kappa shape index (κ2) is 14.8. The lowest BCUT2D eigenvalue weighted by molar-refractivity contribution is -0.298. The van der Waals surface area contributed by atoms with Crippen LogP contribution in [0.15, 0.2) is 0 Å². The van der Waals surface area contributed by atoms with Crippen LogP contribution in [0.1, 0.15) is 78.1 Å². The number of unbranched alkanes of at least 4 members (excludes halogenated alkanes) is 8. The van der Waals surface area contributed by atoms with Gasteiger partial charge in [-0.1, -0.05) is 58.3 Å². The number of hydrogen-bond donors (Lipinski definition) is 2. The molecule has 6 nitrogen and oxygen atoms in total. The Morgan fingerprint density at radius 3 is 2.19 bits per heavy atom. The Balaban J connectivity index is 2.10. The molecule has 2 N–H and O–H groups in total. The monoisotopic (exact) mass is 376 g/mol. The molecule has 156 valence electrons. The highest BCUT2D eigenvalue weighted by molar-refractivity contribution is 4.74. The smallest absolute Gasteiger partial charge is 0.185 e. The summed E-state index contributed by atoms with van der Waals surface area (Å²) < 4.78 is 22.4. The molecule has 1 aliphatic rings. The quantitative estimate of drug-likeness (QED) is 0.337. The molecule has 5 atom stereocenters. The van der Waals surface area contributed by atoms with Crippen LogP contribution in [0.25, 0.3) is 0 Å². The molecule has 0 spiro atoms. The van der Waals surface area contributed by atoms with Crippen molar-refractivity contribution in [3.05, 3.63) is 0 Å². The van der Waals surface area contributed by atoms with E-state index in [2.05, 4.69) is 6.92 Å². The lowest BCUT2D eigenvalue weighted by atomic mass is 10.1. The van der Waals surface area contributed by atoms with Gasteiger partial charge in [0.1, 0.15) is 12.2 Å². The van der Waals surface area contributed by atoms with Crippen molar-refractivity contribution in [2.45, 2.75) is 109 Å². The van der Waals surface area contributed by atoms with Gasteiger partial charge in [-0.05, 0) is 19.8 Å². The average Bonchev–Trinajstić information content (AvgIpc) is 2.65. The zero-order valence-corrected chi connectivity index (χ0v) is 16.9. The normalized spacial score (nSPS) is 26.0. The number of aliphatic hydroxyl groups excluding tert-OH is 2. The first-order valence-corrected chi connectivity index (χ1v) is 10.4. The maximum Gasteiger partial charge on any atom is 0.185 e. The van der Waals surface area contributed by atoms with Crippen molar-refractivity contribution in [2.24, 2.45) is 0 Å². The van der Waals surface area contributed by atoms with Crippen LogP contribution in [0.3, 0.4) is 0 Å². The van der Waals surface area contributed by atoms with Crippen LogP contribution in [-0.2, 0) is 18.9 Å². The molecule has 1 rings (SSSR count). The van der Waals surface area contributed by atoms with Crippen molar-refractivity contribution >= 4 is 0 Å². The Labute approximate surface area is 159 Å². The summed E-state index contributed by atoms with van der Waals surface area (Å²) in [5.41, 5.74) is 0. The third kappa shape index (κ3) is 9.62. The molecule has 26 heavy (non-hydrogen) atoms. The maximum atomic E-state index is 9.65. The molecule has 0 aromatic rings. The summed E-state index contributed by atoms with van der Waals surface area (Å²) in [6, 6.07) is 0. The van der Waals surface area contributed by atoms with Gasteiger partial charge < -0.3 is 29.2 Å². The van der Waals surface area contributed by atoms with Crippen molar-refractivity contribution in [1.29, 1.82) is 0 Å². The summed E-state index contributed by atoms with van der Waals surface area (Å²) in [5, 5.41) is 18.7. The van der Waals surface area contributed by atoms with Gasteiger partial charge in [-0.25, -0.2) is 0 Å². The third-order valence-electron chi connectivity index (χ3n) is 4.92. The van der Waals surface area contributed by atoms with E-state index in [1.54, 1.807) is 0 Å². The molecule has 1 saturated heterocycles. The van der Waals surface area contributed by atoms with Gasteiger partial charge in [-0.3, -0.25) is 0 Å². The van der Waals surface area contributed by atoms with E-state index in [9.17, 15) is 5.11 Å². The van der Waals surface area contributed by atoms with Gasteiger partial charge in [0.2, 0.25) is 0 Å². The van der Waals surface area contributed by atoms with Gasteiger partial charge in [-0.2, -0.15) is 0 Å². The Morgan fingerprint density at radius 2 is 1.65 bits per heavy atom. The van der Waals surface area contributed by atoms with Crippen molar-refractivity contribution in [1.82, 2.24) is 0 Å². The standard InChI is InChI=1S/C20H40O6/c1-4-5-6-7-8-9-10-11-12-13-19-24-15-18(16(2)25-19)26-20(23-3)17(22)14-21/h16-22H,4-15H2,1-3H3/t16-,17+,18?,19?,20-/m0/s1. The molecule has 0 bridgehead atoms. The Hall–Kier alpha value is -0.240. The molecule has 6 heteroatoms. The van der Waals surface area contributed by atoms with Gasteiger partial charge >= 0.3 is 0 Å². The topological polar surface area (TPSA) is 77.4 Å². The van der Waals surface area contributed by atoms with Crippen LogP contribution < -0.4 is 0 Å². The zero-order chi connectivity index (χ0) is 19.2. The first-order chi connectivity index (χ1) is 12.6. The van der Waals surface area contributed by atoms with Crippen LogP contribution in [0, 0.1) is 0 Å². The molecule has 2 unspecified atom stereocenters. The van der Waals surface area contributed by atoms with Gasteiger partial charge in [0.05, 0.1) is 19.3 Å². The highest BCUT2D eigenvalue weighted by atomic mass is 16.7. The van der Waals surface area contributed by atoms with E-state index in [1.807, 2.05) is 6.92 Å². The largest absolute Gasteiger partial charge is 0.393 e. The van der Waals surface area contributed by atoms with Crippen molar-refractivity contribution in [3.63, 3.8) is 0 Å². The van der Waals surface area contributed by atoms with Crippen LogP contribution in [0.2, 0.25) is 0 Å². The van der Waals surface area contributed by atoms with E-state index in [1.165, 1.54) is 58.5 Å². The highest BCUT2D eigenvalue weighted by Crippen LogP contribution is 2.22. The van der Waals surface area contributed by atoms with E-state index in [0.717, 1.165) is 12.8 Å². The van der Waals surface area contributed by atoms with Crippen LogP contribution >= 0.6 is 0 Å². The summed E-state index contributed by atoms with van der Waals surface area (Å²) in [7, 11) is 1.44. The molecule has 0 saturated carbocycles. The molecule has 0 amide bonds. The fourth-order valence-corrected chi connectivity index (χ4v) is 3.19. The Bertz CT molecular complexity index is 327. The number of hydrogen-bond acceptors (Lipinski definition) is 6. The molecule has 1 aliphatic heterocycles. The van der Waals surface area contributed by atoms with Crippen molar-refractivity contribution in [2.75, 3.05) is 20.3 Å². The van der Waals surface area contributed by atoms with E-state index >= 15 is 0 Å². The van der Waals surface area contributed by atoms with E-state index in [-0.39, 0.29) is 18.5 Å². The predicted octanol–water partition coefficient (Wildman–Crippen LogP) is 3.38. The van der Waals surface area contributed by atoms with Crippen LogP contribution in [0.5, 0.6) is 0 Å². The van der Waals surface area contributed by atoms with E-state index < -0.39 is 19.0 Å². The van der Waals surface area contributed by atoms with Crippen molar-refractivity contribution in [3.8, 4) is 0 Å². The minimum absolute atomic E-state index is 0.143. The summed E-state index contributed by atoms with van der Waals surface area (Å²) in [6.07, 6.45) is 10.0. The molecule has 0 radical (unpaired) electrons. The van der Waals surface area contributed by atoms with Gasteiger partial charge in [-0.15, -0.1) is 0 Å². The van der Waals surface area contributed by atoms with Crippen LogP contribution in [0.4, 0.5) is 0 Å². The van der Waals surface area contributed by atoms with E-state index in [0.29, 0.717) is 6.61 Å². The number of methoxy groups -OCH3 is 1. The number of ether oxygens (including phenoxy) is 4. The van der Waals surface area contributed by atoms with Gasteiger partial charge in [0.15, 0.2) is 12.6 Å². The second-order valence-corrected chi connectivity index (χ2v) is 7.25. The molecule has 1 heterocycles. The summed E-state index contributed by atoms with van der Waals surface area (Å²) in [5.74, 6) is 0. The Kier molecular flexibility index (Phi) is 13.5. The number of rotatable bonds is 15. The lowest BCUT2D eigenvalue weighted by Gasteiger charge is -2.36. The molecule has 1 fully saturated rings. The van der Waals surface area contributed by atoms with Crippen molar-refractivity contribution < 1.29 is 29.2 Å². The fourth-order valence-electron chi connectivity index (χ4n) is 3.19. The minimum Gasteiger partial charge on any atom is -0.393 e. The number of aliphatic hydroxyl groups is 2. The van der Waals surface area contributed by atoms with Gasteiger partial charge in [0, 0.05) is 7.11 Å². The second-order valence-electron chi connectivity index (χ2n) is 7.25. The fraction of sp³-hybridized carbons (Fsp3) is 1.00. The van der Waals surface area contributed by atoms with Gasteiger partial charge in [0.25, 0.3) is 0 Å². The lowest BCUT2D eigenvalue weighted by Crippen LogP contribution is -2.48. The molecule has 0 aromatic heterocycles.